The van der Waals surface area contributed by atoms with Crippen LogP contribution in [0.1, 0.15) is 277 Å². The summed E-state index contributed by atoms with van der Waals surface area (Å²) in [6, 6.07) is -0.822. The van der Waals surface area contributed by atoms with Crippen molar-refractivity contribution in [2.24, 2.45) is 0 Å². The number of amides is 1. The van der Waals surface area contributed by atoms with Gasteiger partial charge in [-0.05, 0) is 12.8 Å². The summed E-state index contributed by atoms with van der Waals surface area (Å²) in [7, 11) is 0. The maximum Gasteiger partial charge on any atom is 0.220 e. The van der Waals surface area contributed by atoms with Crippen molar-refractivity contribution in [3.05, 3.63) is 0 Å². The third-order valence-electron chi connectivity index (χ3n) is 15.6. The van der Waals surface area contributed by atoms with E-state index in [4.69, 9.17) is 18.9 Å². The van der Waals surface area contributed by atoms with Crippen molar-refractivity contribution in [3.8, 4) is 0 Å². The molecule has 73 heavy (non-hydrogen) atoms. The zero-order chi connectivity index (χ0) is 53.2. The van der Waals surface area contributed by atoms with E-state index < -0.39 is 86.8 Å². The van der Waals surface area contributed by atoms with Gasteiger partial charge in [0, 0.05) is 6.42 Å². The summed E-state index contributed by atoms with van der Waals surface area (Å²) in [5, 5.41) is 87.3. The molecule has 14 nitrogen and oxygen atoms in total. The summed E-state index contributed by atoms with van der Waals surface area (Å²) < 4.78 is 22.9. The second-order valence-corrected chi connectivity index (χ2v) is 22.2. The van der Waals surface area contributed by atoms with E-state index in [1.54, 1.807) is 0 Å². The first-order valence-corrected chi connectivity index (χ1v) is 30.8. The number of aliphatic hydroxyl groups is 8. The lowest BCUT2D eigenvalue weighted by molar-refractivity contribution is -0.359. The van der Waals surface area contributed by atoms with Gasteiger partial charge < -0.3 is 65.1 Å². The lowest BCUT2D eigenvalue weighted by Gasteiger charge is -2.46. The number of aliphatic hydroxyl groups excluding tert-OH is 8. The maximum absolute atomic E-state index is 13.3. The van der Waals surface area contributed by atoms with Crippen molar-refractivity contribution in [3.63, 3.8) is 0 Å². The average Bonchev–Trinajstić information content (AvgIpc) is 3.39. The number of rotatable bonds is 50. The maximum atomic E-state index is 13.3. The highest BCUT2D eigenvalue weighted by molar-refractivity contribution is 5.76. The van der Waals surface area contributed by atoms with Crippen LogP contribution in [0.3, 0.4) is 0 Å². The molecule has 0 radical (unpaired) electrons. The second kappa shape index (κ2) is 46.0. The molecule has 0 aromatic carbocycles. The molecule has 12 atom stereocenters. The Kier molecular flexibility index (Phi) is 42.9. The molecule has 0 aromatic rings. The van der Waals surface area contributed by atoms with E-state index in [-0.39, 0.29) is 12.5 Å². The Labute approximate surface area is 444 Å². The zero-order valence-corrected chi connectivity index (χ0v) is 46.7. The SMILES string of the molecule is CCCCCCCCCCCCCCCCCCCCCCCCC(=O)NC(COC1OC(CO)C(OC2OC(CO)C(O)C(O)C2O)C(O)C1O)C(O)CCCCCCCCCCCCCCCCCCC. The number of hydrogen-bond donors (Lipinski definition) is 9. The van der Waals surface area contributed by atoms with Gasteiger partial charge in [0.25, 0.3) is 0 Å². The normalized spacial score (nSPS) is 25.3. The predicted molar refractivity (Wildman–Crippen MR) is 291 cm³/mol. The van der Waals surface area contributed by atoms with E-state index >= 15 is 0 Å². The summed E-state index contributed by atoms with van der Waals surface area (Å²) in [4.78, 5) is 13.3. The molecule has 2 heterocycles. The van der Waals surface area contributed by atoms with Crippen LogP contribution in [-0.2, 0) is 23.7 Å². The van der Waals surface area contributed by atoms with Gasteiger partial charge >= 0.3 is 0 Å². The van der Waals surface area contributed by atoms with Gasteiger partial charge in [-0.25, -0.2) is 0 Å². The van der Waals surface area contributed by atoms with Gasteiger partial charge in [-0.15, -0.1) is 0 Å². The molecule has 2 rings (SSSR count). The first kappa shape index (κ1) is 68.1. The third kappa shape index (κ3) is 31.9. The lowest BCUT2D eigenvalue weighted by atomic mass is 9.97. The number of nitrogens with one attached hydrogen (secondary N) is 1. The quantitative estimate of drug-likeness (QED) is 0.0259. The van der Waals surface area contributed by atoms with Gasteiger partial charge in [-0.3, -0.25) is 4.79 Å². The fourth-order valence-electron chi connectivity index (χ4n) is 10.6. The van der Waals surface area contributed by atoms with Gasteiger partial charge in [0.2, 0.25) is 5.91 Å². The Hall–Kier alpha value is -1.01. The Balaban J connectivity index is 1.73. The number of hydrogen-bond acceptors (Lipinski definition) is 13. The van der Waals surface area contributed by atoms with Crippen LogP contribution in [0.25, 0.3) is 0 Å². The molecule has 1 amide bonds. The fraction of sp³-hybridized carbons (Fsp3) is 0.983. The molecule has 2 fully saturated rings. The highest BCUT2D eigenvalue weighted by Gasteiger charge is 2.51. The Morgan fingerprint density at radius 2 is 0.781 bits per heavy atom. The van der Waals surface area contributed by atoms with Gasteiger partial charge in [0.15, 0.2) is 12.6 Å². The van der Waals surface area contributed by atoms with E-state index in [9.17, 15) is 45.6 Å². The van der Waals surface area contributed by atoms with Crippen LogP contribution in [0.2, 0.25) is 0 Å². The van der Waals surface area contributed by atoms with Crippen LogP contribution in [-0.4, -0.2) is 140 Å². The molecular weight excluding hydrogens is 931 g/mol. The first-order valence-electron chi connectivity index (χ1n) is 30.8. The van der Waals surface area contributed by atoms with E-state index in [0.717, 1.165) is 51.4 Å². The van der Waals surface area contributed by atoms with Crippen LogP contribution in [0.5, 0.6) is 0 Å². The van der Waals surface area contributed by atoms with Crippen LogP contribution in [0.4, 0.5) is 0 Å². The predicted octanol–water partition coefficient (Wildman–Crippen LogP) is 10.5. The van der Waals surface area contributed by atoms with Gasteiger partial charge in [-0.1, -0.05) is 258 Å². The summed E-state index contributed by atoms with van der Waals surface area (Å²) in [6.45, 7) is 2.90. The Morgan fingerprint density at radius 1 is 0.438 bits per heavy atom. The molecule has 14 heteroatoms. The van der Waals surface area contributed by atoms with Crippen molar-refractivity contribution < 1.29 is 64.6 Å². The molecule has 2 saturated heterocycles. The minimum absolute atomic E-state index is 0.199. The fourth-order valence-corrected chi connectivity index (χ4v) is 10.6. The van der Waals surface area contributed by atoms with Crippen molar-refractivity contribution in [1.29, 1.82) is 0 Å². The van der Waals surface area contributed by atoms with Crippen LogP contribution < -0.4 is 5.32 Å². The lowest BCUT2D eigenvalue weighted by Crippen LogP contribution is -2.65. The van der Waals surface area contributed by atoms with Crippen molar-refractivity contribution in [2.45, 2.75) is 351 Å². The van der Waals surface area contributed by atoms with E-state index in [0.29, 0.717) is 12.8 Å². The molecule has 2 aliphatic rings. The topological polar surface area (TPSA) is 228 Å². The summed E-state index contributed by atoms with van der Waals surface area (Å²) in [6.07, 6.45) is 33.9. The largest absolute Gasteiger partial charge is 0.394 e. The van der Waals surface area contributed by atoms with E-state index in [2.05, 4.69) is 19.2 Å². The van der Waals surface area contributed by atoms with Crippen LogP contribution >= 0.6 is 0 Å². The zero-order valence-electron chi connectivity index (χ0n) is 46.7. The number of carbonyl (C=O) groups is 1. The van der Waals surface area contributed by atoms with Crippen LogP contribution in [0.15, 0.2) is 0 Å². The van der Waals surface area contributed by atoms with E-state index in [1.165, 1.54) is 199 Å². The molecule has 0 bridgehead atoms. The van der Waals surface area contributed by atoms with Crippen LogP contribution in [0, 0.1) is 0 Å². The Morgan fingerprint density at radius 3 is 1.16 bits per heavy atom. The molecular formula is C59H115NO13. The van der Waals surface area contributed by atoms with Crippen molar-refractivity contribution in [2.75, 3.05) is 19.8 Å². The molecule has 434 valence electrons. The highest BCUT2D eigenvalue weighted by Crippen LogP contribution is 2.30. The summed E-state index contributed by atoms with van der Waals surface area (Å²) >= 11 is 0. The monoisotopic (exact) mass is 1050 g/mol. The smallest absolute Gasteiger partial charge is 0.220 e. The number of carbonyl (C=O) groups excluding carboxylic acids is 1. The molecule has 0 spiro atoms. The Bertz CT molecular complexity index is 1230. The minimum atomic E-state index is -1.78. The number of ether oxygens (including phenoxy) is 4. The van der Waals surface area contributed by atoms with Gasteiger partial charge in [-0.2, -0.15) is 0 Å². The second-order valence-electron chi connectivity index (χ2n) is 22.2. The van der Waals surface area contributed by atoms with E-state index in [1.807, 2.05) is 0 Å². The third-order valence-corrected chi connectivity index (χ3v) is 15.6. The highest BCUT2D eigenvalue weighted by atomic mass is 16.7. The summed E-state index contributed by atoms with van der Waals surface area (Å²) in [5.74, 6) is -0.199. The first-order chi connectivity index (χ1) is 35.6. The molecule has 9 N–H and O–H groups in total. The van der Waals surface area contributed by atoms with Gasteiger partial charge in [0.1, 0.15) is 48.8 Å². The van der Waals surface area contributed by atoms with Gasteiger partial charge in [0.05, 0.1) is 32.0 Å². The molecule has 0 aliphatic carbocycles. The standard InChI is InChI=1S/C59H115NO13/c1-3-5-7-9-11-13-15-17-19-21-22-23-24-25-27-29-31-33-35-37-39-41-43-51(64)60-47(48(63)42-40-38-36-34-32-30-28-26-20-18-16-14-12-10-8-6-4-2)46-70-58-56(69)54(67)57(50(45-62)72-58)73-59-55(68)53(66)52(65)49(44-61)71-59/h47-50,52-59,61-63,65-69H,3-46H2,1-2H3,(H,60,64). The molecule has 12 unspecified atom stereocenters. The van der Waals surface area contributed by atoms with Crippen molar-refractivity contribution in [1.82, 2.24) is 5.32 Å². The number of unbranched alkanes of at least 4 members (excludes halogenated alkanes) is 37. The minimum Gasteiger partial charge on any atom is -0.394 e. The molecule has 2 aliphatic heterocycles. The molecule has 0 saturated carbocycles. The van der Waals surface area contributed by atoms with Crippen molar-refractivity contribution >= 4 is 5.91 Å². The molecule has 0 aromatic heterocycles. The summed E-state index contributed by atoms with van der Waals surface area (Å²) in [5.41, 5.74) is 0. The average molecular weight is 1050 g/mol.